The molecular formula is C45H80NO8P. The highest BCUT2D eigenvalue weighted by Gasteiger charge is 2.26. The van der Waals surface area contributed by atoms with Crippen molar-refractivity contribution in [3.63, 3.8) is 0 Å². The first-order chi connectivity index (χ1) is 26.7. The highest BCUT2D eigenvalue weighted by molar-refractivity contribution is 7.47. The number of rotatable bonds is 39. The van der Waals surface area contributed by atoms with Gasteiger partial charge in [0.2, 0.25) is 0 Å². The molecule has 0 saturated carbocycles. The van der Waals surface area contributed by atoms with Crippen LogP contribution in [0.3, 0.4) is 0 Å². The number of esters is 2. The summed E-state index contributed by atoms with van der Waals surface area (Å²) in [6.07, 6.45) is 45.6. The van der Waals surface area contributed by atoms with Crippen LogP contribution in [-0.4, -0.2) is 68.3 Å². The fourth-order valence-electron chi connectivity index (χ4n) is 5.55. The minimum absolute atomic E-state index is 0.00268. The maximum Gasteiger partial charge on any atom is 0.472 e. The molecule has 55 heavy (non-hydrogen) atoms. The fraction of sp³-hybridized carbons (Fsp3) is 0.733. The van der Waals surface area contributed by atoms with E-state index in [9.17, 15) is 19.0 Å². The van der Waals surface area contributed by atoms with Gasteiger partial charge in [-0.2, -0.15) is 0 Å². The van der Waals surface area contributed by atoms with E-state index in [2.05, 4.69) is 74.6 Å². The van der Waals surface area contributed by atoms with Crippen molar-refractivity contribution in [2.75, 3.05) is 40.5 Å². The number of likely N-dealkylation sites (N-methyl/N-ethyl adjacent to an activating group) is 1. The van der Waals surface area contributed by atoms with Crippen molar-refractivity contribution in [1.29, 1.82) is 0 Å². The molecular weight excluding hydrogens is 713 g/mol. The summed E-state index contributed by atoms with van der Waals surface area (Å²) in [5.74, 6) is -0.871. The number of hydrogen-bond acceptors (Lipinski definition) is 8. The van der Waals surface area contributed by atoms with Crippen LogP contribution in [0.15, 0.2) is 60.8 Å². The van der Waals surface area contributed by atoms with E-state index in [-0.39, 0.29) is 26.1 Å². The monoisotopic (exact) mass is 794 g/mol. The van der Waals surface area contributed by atoms with Gasteiger partial charge in [0.1, 0.15) is 6.61 Å². The summed E-state index contributed by atoms with van der Waals surface area (Å²) >= 11 is 0. The molecule has 0 aliphatic carbocycles. The van der Waals surface area contributed by atoms with Gasteiger partial charge in [-0.25, -0.2) is 4.57 Å². The molecule has 1 N–H and O–H groups in total. The maximum absolute atomic E-state index is 12.6. The van der Waals surface area contributed by atoms with Crippen molar-refractivity contribution in [3.8, 4) is 0 Å². The molecule has 0 aliphatic heterocycles. The standard InChI is InChI=1S/C45H80NO8P/c1-5-7-9-11-13-15-17-19-21-22-24-25-27-29-31-33-35-37-44(47)51-41-43(42-53-55(49,50)52-40-39-46(3)4)54-45(48)38-36-34-32-30-28-26-23-20-18-16-14-12-10-8-6-2/h7,9,13,15,19,21,24-25,29,31,43H,5-6,8,10-12,14,16-18,20,22-23,26-28,30,32-42H2,1-4H3,(H,49,50)/b9-7-,15-13-,21-19-,25-24-,31-29-. The van der Waals surface area contributed by atoms with Gasteiger partial charge in [0.25, 0.3) is 0 Å². The molecule has 0 spiro atoms. The van der Waals surface area contributed by atoms with E-state index in [1.54, 1.807) is 0 Å². The number of phosphoric ester groups is 1. The molecule has 0 bridgehead atoms. The quantitative estimate of drug-likeness (QED) is 0.0281. The van der Waals surface area contributed by atoms with Crippen LogP contribution in [0.4, 0.5) is 0 Å². The molecule has 2 unspecified atom stereocenters. The van der Waals surface area contributed by atoms with E-state index >= 15 is 0 Å². The predicted molar refractivity (Wildman–Crippen MR) is 229 cm³/mol. The first-order valence-corrected chi connectivity index (χ1v) is 23.1. The van der Waals surface area contributed by atoms with E-state index in [4.69, 9.17) is 18.5 Å². The Morgan fingerprint density at radius 3 is 1.53 bits per heavy atom. The average Bonchev–Trinajstić information content (AvgIpc) is 3.15. The molecule has 0 saturated heterocycles. The van der Waals surface area contributed by atoms with Crippen molar-refractivity contribution in [2.45, 2.75) is 174 Å². The van der Waals surface area contributed by atoms with E-state index < -0.39 is 32.5 Å². The Morgan fingerprint density at radius 2 is 1.04 bits per heavy atom. The van der Waals surface area contributed by atoms with Crippen LogP contribution in [0.2, 0.25) is 0 Å². The second-order valence-corrected chi connectivity index (χ2v) is 15.9. The van der Waals surface area contributed by atoms with Gasteiger partial charge in [-0.3, -0.25) is 18.6 Å². The Bertz CT molecular complexity index is 1100. The van der Waals surface area contributed by atoms with Crippen LogP contribution in [-0.2, 0) is 32.7 Å². The Balaban J connectivity index is 4.39. The first kappa shape index (κ1) is 52.7. The number of ether oxygens (including phenoxy) is 2. The first-order valence-electron chi connectivity index (χ1n) is 21.6. The van der Waals surface area contributed by atoms with Crippen LogP contribution >= 0.6 is 7.82 Å². The maximum atomic E-state index is 12.6. The van der Waals surface area contributed by atoms with E-state index in [1.165, 1.54) is 77.0 Å². The molecule has 0 rings (SSSR count). The predicted octanol–water partition coefficient (Wildman–Crippen LogP) is 12.3. The van der Waals surface area contributed by atoms with Gasteiger partial charge >= 0.3 is 19.8 Å². The lowest BCUT2D eigenvalue weighted by molar-refractivity contribution is -0.161. The van der Waals surface area contributed by atoms with Gasteiger partial charge in [-0.15, -0.1) is 0 Å². The van der Waals surface area contributed by atoms with Gasteiger partial charge in [0.05, 0.1) is 13.2 Å². The molecule has 0 aromatic rings. The minimum atomic E-state index is -4.37. The zero-order valence-electron chi connectivity index (χ0n) is 35.3. The molecule has 0 heterocycles. The molecule has 0 aromatic heterocycles. The van der Waals surface area contributed by atoms with Crippen molar-refractivity contribution >= 4 is 19.8 Å². The molecule has 0 aromatic carbocycles. The smallest absolute Gasteiger partial charge is 0.462 e. The number of carbonyl (C=O) groups is 2. The number of carbonyl (C=O) groups excluding carboxylic acids is 2. The van der Waals surface area contributed by atoms with Crippen molar-refractivity contribution in [3.05, 3.63) is 60.8 Å². The molecule has 0 amide bonds. The lowest BCUT2D eigenvalue weighted by Gasteiger charge is -2.20. The number of allylic oxidation sites excluding steroid dienone is 10. The highest BCUT2D eigenvalue weighted by Crippen LogP contribution is 2.43. The molecule has 0 radical (unpaired) electrons. The normalized spacial score (nSPS) is 14.0. The van der Waals surface area contributed by atoms with Crippen molar-refractivity contribution < 1.29 is 37.6 Å². The van der Waals surface area contributed by atoms with Crippen LogP contribution in [0.5, 0.6) is 0 Å². The Morgan fingerprint density at radius 1 is 0.582 bits per heavy atom. The Hall–Kier alpha value is -2.29. The van der Waals surface area contributed by atoms with Gasteiger partial charge < -0.3 is 19.3 Å². The fourth-order valence-corrected chi connectivity index (χ4v) is 6.29. The largest absolute Gasteiger partial charge is 0.472 e. The number of hydrogen-bond donors (Lipinski definition) is 1. The van der Waals surface area contributed by atoms with Crippen LogP contribution in [0.1, 0.15) is 168 Å². The summed E-state index contributed by atoms with van der Waals surface area (Å²) in [6, 6.07) is 0. The van der Waals surface area contributed by atoms with E-state index in [1.807, 2.05) is 19.0 Å². The number of phosphoric acid groups is 1. The zero-order chi connectivity index (χ0) is 40.5. The lowest BCUT2D eigenvalue weighted by Crippen LogP contribution is -2.29. The van der Waals surface area contributed by atoms with E-state index in [0.29, 0.717) is 19.4 Å². The SMILES string of the molecule is CC/C=C\C/C=C\C/C=C\C/C=C\C/C=C\CCCC(=O)OCC(COP(=O)(O)OCCN(C)C)OC(=O)CCCCCCCCCCCCCCCCC. The molecule has 10 heteroatoms. The number of nitrogens with zero attached hydrogens (tertiary/aromatic N) is 1. The summed E-state index contributed by atoms with van der Waals surface area (Å²) in [5, 5.41) is 0. The topological polar surface area (TPSA) is 112 Å². The average molecular weight is 794 g/mol. The molecule has 0 aliphatic rings. The van der Waals surface area contributed by atoms with Crippen molar-refractivity contribution in [2.24, 2.45) is 0 Å². The van der Waals surface area contributed by atoms with E-state index in [0.717, 1.165) is 51.4 Å². The van der Waals surface area contributed by atoms with Gasteiger partial charge in [0.15, 0.2) is 6.10 Å². The van der Waals surface area contributed by atoms with Crippen molar-refractivity contribution in [1.82, 2.24) is 4.90 Å². The molecule has 2 atom stereocenters. The van der Waals surface area contributed by atoms with Crippen LogP contribution < -0.4 is 0 Å². The minimum Gasteiger partial charge on any atom is -0.462 e. The summed E-state index contributed by atoms with van der Waals surface area (Å²) in [4.78, 5) is 37.0. The third-order valence-electron chi connectivity index (χ3n) is 8.84. The Labute approximate surface area is 336 Å². The van der Waals surface area contributed by atoms with Gasteiger partial charge in [-0.05, 0) is 65.5 Å². The summed E-state index contributed by atoms with van der Waals surface area (Å²) < 4.78 is 33.4. The summed E-state index contributed by atoms with van der Waals surface area (Å²) in [6.45, 7) is 4.14. The lowest BCUT2D eigenvalue weighted by atomic mass is 10.0. The molecule has 318 valence electrons. The second kappa shape index (κ2) is 39.9. The Kier molecular flexibility index (Phi) is 38.3. The van der Waals surface area contributed by atoms with Crippen LogP contribution in [0.25, 0.3) is 0 Å². The summed E-state index contributed by atoms with van der Waals surface area (Å²) in [7, 11) is -0.738. The third-order valence-corrected chi connectivity index (χ3v) is 9.82. The van der Waals surface area contributed by atoms with Gasteiger partial charge in [0, 0.05) is 19.4 Å². The highest BCUT2D eigenvalue weighted by atomic mass is 31.2. The summed E-state index contributed by atoms with van der Waals surface area (Å²) in [5.41, 5.74) is 0. The second-order valence-electron chi connectivity index (χ2n) is 14.5. The zero-order valence-corrected chi connectivity index (χ0v) is 36.2. The molecule has 0 fully saturated rings. The number of unbranched alkanes of at least 4 members (excludes halogenated alkanes) is 15. The molecule has 9 nitrogen and oxygen atoms in total. The van der Waals surface area contributed by atoms with Gasteiger partial charge in [-0.1, -0.05) is 164 Å². The van der Waals surface area contributed by atoms with Crippen LogP contribution in [0, 0.1) is 0 Å². The third kappa shape index (κ3) is 41.2.